The van der Waals surface area contributed by atoms with Crippen LogP contribution < -0.4 is 44.3 Å². The van der Waals surface area contributed by atoms with Crippen molar-refractivity contribution in [2.75, 3.05) is 39.6 Å². The zero-order chi connectivity index (χ0) is 26.6. The molecule has 0 saturated carbocycles. The number of hydrogen-bond acceptors (Lipinski definition) is 6. The van der Waals surface area contributed by atoms with E-state index in [0.717, 1.165) is 33.2 Å². The zero-order valence-corrected chi connectivity index (χ0v) is 23.7. The molecule has 0 N–H and O–H groups in total. The van der Waals surface area contributed by atoms with Crippen molar-refractivity contribution < 1.29 is 28.4 Å². The Morgan fingerprint density at radius 1 is 0.405 bits per heavy atom. The van der Waals surface area contributed by atoms with Gasteiger partial charge in [0.2, 0.25) is 0 Å². The molecule has 3 aromatic carbocycles. The van der Waals surface area contributed by atoms with Crippen molar-refractivity contribution in [3.63, 3.8) is 0 Å². The predicted octanol–water partition coefficient (Wildman–Crippen LogP) is 5.84. The summed E-state index contributed by atoms with van der Waals surface area (Å²) in [6.07, 6.45) is 0. The third kappa shape index (κ3) is 6.61. The van der Waals surface area contributed by atoms with Crippen LogP contribution in [0.2, 0.25) is 0 Å². The fraction of sp³-hybridized carbons (Fsp3) is 0.400. The Bertz CT molecular complexity index is 992. The summed E-state index contributed by atoms with van der Waals surface area (Å²) < 4.78 is 36.8. The van der Waals surface area contributed by atoms with Gasteiger partial charge in [-0.3, -0.25) is 0 Å². The second-order valence-corrected chi connectivity index (χ2v) is 9.86. The SMILES string of the molecule is CCOc1cccc(P(c2cccc(OCC)c2OCC)c2cccc(OCC)c2OCC)c1OCC. The van der Waals surface area contributed by atoms with Crippen LogP contribution in [0.25, 0.3) is 0 Å². The van der Waals surface area contributed by atoms with Gasteiger partial charge in [0.05, 0.1) is 39.6 Å². The minimum absolute atomic E-state index is 0.509. The molecular formula is C30H39O6P. The average molecular weight is 527 g/mol. The second-order valence-electron chi connectivity index (χ2n) is 7.75. The van der Waals surface area contributed by atoms with E-state index in [9.17, 15) is 0 Å². The molecule has 200 valence electrons. The Kier molecular flexibility index (Phi) is 11.2. The van der Waals surface area contributed by atoms with Gasteiger partial charge in [-0.05, 0) is 85.9 Å². The summed E-state index contributed by atoms with van der Waals surface area (Å²) >= 11 is 0. The third-order valence-electron chi connectivity index (χ3n) is 5.36. The van der Waals surface area contributed by atoms with Gasteiger partial charge < -0.3 is 28.4 Å². The quantitative estimate of drug-likeness (QED) is 0.232. The number of ether oxygens (including phenoxy) is 6. The van der Waals surface area contributed by atoms with Gasteiger partial charge in [0.25, 0.3) is 0 Å². The van der Waals surface area contributed by atoms with Crippen LogP contribution in [-0.2, 0) is 0 Å². The molecule has 3 rings (SSSR count). The summed E-state index contributed by atoms with van der Waals surface area (Å²) in [5, 5.41) is 3.02. The van der Waals surface area contributed by atoms with E-state index in [1.807, 2.05) is 77.9 Å². The molecule has 0 heterocycles. The van der Waals surface area contributed by atoms with Gasteiger partial charge >= 0.3 is 0 Å². The summed E-state index contributed by atoms with van der Waals surface area (Å²) in [5.41, 5.74) is 0. The van der Waals surface area contributed by atoms with Gasteiger partial charge in [-0.1, -0.05) is 18.2 Å². The molecule has 0 radical (unpaired) electrons. The summed E-state index contributed by atoms with van der Waals surface area (Å²) in [5.74, 6) is 4.33. The van der Waals surface area contributed by atoms with Crippen molar-refractivity contribution in [1.82, 2.24) is 0 Å². The van der Waals surface area contributed by atoms with Crippen LogP contribution in [0, 0.1) is 0 Å². The predicted molar refractivity (Wildman–Crippen MR) is 152 cm³/mol. The van der Waals surface area contributed by atoms with Gasteiger partial charge in [-0.25, -0.2) is 0 Å². The average Bonchev–Trinajstić information content (AvgIpc) is 2.90. The summed E-state index contributed by atoms with van der Waals surface area (Å²) in [6, 6.07) is 18.2. The first-order chi connectivity index (χ1) is 18.1. The minimum Gasteiger partial charge on any atom is -0.490 e. The van der Waals surface area contributed by atoms with Crippen LogP contribution in [0.15, 0.2) is 54.6 Å². The highest BCUT2D eigenvalue weighted by molar-refractivity contribution is 7.80. The Morgan fingerprint density at radius 2 is 0.676 bits per heavy atom. The fourth-order valence-corrected chi connectivity index (χ4v) is 6.72. The monoisotopic (exact) mass is 526 g/mol. The van der Waals surface area contributed by atoms with Crippen molar-refractivity contribution in [1.29, 1.82) is 0 Å². The maximum absolute atomic E-state index is 6.25. The highest BCUT2D eigenvalue weighted by Gasteiger charge is 2.31. The number of hydrogen-bond donors (Lipinski definition) is 0. The molecule has 3 aromatic rings. The van der Waals surface area contributed by atoms with Crippen LogP contribution in [0.5, 0.6) is 34.5 Å². The van der Waals surface area contributed by atoms with E-state index < -0.39 is 7.92 Å². The lowest BCUT2D eigenvalue weighted by Gasteiger charge is -2.28. The molecule has 0 spiro atoms. The first-order valence-electron chi connectivity index (χ1n) is 13.1. The molecule has 0 unspecified atom stereocenters. The summed E-state index contributed by atoms with van der Waals surface area (Å²) in [7, 11) is -1.24. The maximum atomic E-state index is 6.25. The number of benzene rings is 3. The van der Waals surface area contributed by atoms with Crippen molar-refractivity contribution >= 4 is 23.8 Å². The van der Waals surface area contributed by atoms with Gasteiger partial charge in [-0.15, -0.1) is 0 Å². The number of rotatable bonds is 15. The van der Waals surface area contributed by atoms with Crippen LogP contribution in [0.4, 0.5) is 0 Å². The van der Waals surface area contributed by atoms with Crippen molar-refractivity contribution in [2.45, 2.75) is 41.5 Å². The molecule has 0 aliphatic carbocycles. The van der Waals surface area contributed by atoms with Crippen LogP contribution >= 0.6 is 7.92 Å². The Morgan fingerprint density at radius 3 is 0.919 bits per heavy atom. The fourth-order valence-electron chi connectivity index (χ4n) is 4.11. The van der Waals surface area contributed by atoms with Crippen LogP contribution in [0.1, 0.15) is 41.5 Å². The molecular weight excluding hydrogens is 487 g/mol. The van der Waals surface area contributed by atoms with Crippen molar-refractivity contribution in [3.8, 4) is 34.5 Å². The second kappa shape index (κ2) is 14.6. The van der Waals surface area contributed by atoms with E-state index in [1.165, 1.54) is 0 Å². The molecule has 0 fully saturated rings. The van der Waals surface area contributed by atoms with Crippen molar-refractivity contribution in [2.24, 2.45) is 0 Å². The lowest BCUT2D eigenvalue weighted by molar-refractivity contribution is 0.289. The van der Waals surface area contributed by atoms with E-state index in [1.54, 1.807) is 0 Å². The first kappa shape index (κ1) is 28.5. The van der Waals surface area contributed by atoms with Gasteiger partial charge in [0, 0.05) is 15.9 Å². The third-order valence-corrected chi connectivity index (χ3v) is 7.86. The van der Waals surface area contributed by atoms with Gasteiger partial charge in [-0.2, -0.15) is 0 Å². The standard InChI is InChI=1S/C30H39O6P/c1-7-31-22-16-13-19-25(28(22)34-10-4)37(26-20-14-17-23(32-8-2)29(26)35-11-5)27-21-15-18-24(33-9-3)30(27)36-12-6/h13-21H,7-12H2,1-6H3. The minimum atomic E-state index is -1.24. The Hall–Kier alpha value is -3.11. The summed E-state index contributed by atoms with van der Waals surface area (Å²) in [4.78, 5) is 0. The molecule has 0 amide bonds. The van der Waals surface area contributed by atoms with Gasteiger partial charge in [0.15, 0.2) is 34.5 Å². The molecule has 0 aliphatic heterocycles. The van der Waals surface area contributed by atoms with E-state index in [2.05, 4.69) is 18.2 Å². The lowest BCUT2D eigenvalue weighted by atomic mass is 10.3. The molecule has 7 heteroatoms. The van der Waals surface area contributed by atoms with Gasteiger partial charge in [0.1, 0.15) is 0 Å². The molecule has 6 nitrogen and oxygen atoms in total. The topological polar surface area (TPSA) is 55.4 Å². The molecule has 37 heavy (non-hydrogen) atoms. The smallest absolute Gasteiger partial charge is 0.169 e. The summed E-state index contributed by atoms with van der Waals surface area (Å²) in [6.45, 7) is 15.0. The molecule has 0 bridgehead atoms. The molecule has 0 aromatic heterocycles. The Balaban J connectivity index is 2.42. The number of para-hydroxylation sites is 3. The normalized spacial score (nSPS) is 10.8. The molecule has 0 aliphatic rings. The molecule has 0 saturated heterocycles. The first-order valence-corrected chi connectivity index (χ1v) is 14.4. The van der Waals surface area contributed by atoms with Crippen molar-refractivity contribution in [3.05, 3.63) is 54.6 Å². The Labute approximate surface area is 222 Å². The van der Waals surface area contributed by atoms with Crippen LogP contribution in [-0.4, -0.2) is 39.6 Å². The highest BCUT2D eigenvalue weighted by Crippen LogP contribution is 2.47. The van der Waals surface area contributed by atoms with Crippen LogP contribution in [0.3, 0.4) is 0 Å². The molecule has 0 atom stereocenters. The largest absolute Gasteiger partial charge is 0.490 e. The van der Waals surface area contributed by atoms with E-state index in [-0.39, 0.29) is 0 Å². The zero-order valence-electron chi connectivity index (χ0n) is 22.8. The van der Waals surface area contributed by atoms with E-state index >= 15 is 0 Å². The highest BCUT2D eigenvalue weighted by atomic mass is 31.1. The maximum Gasteiger partial charge on any atom is 0.169 e. The van der Waals surface area contributed by atoms with E-state index in [4.69, 9.17) is 28.4 Å². The van der Waals surface area contributed by atoms with E-state index in [0.29, 0.717) is 56.9 Å². The lowest BCUT2D eigenvalue weighted by Crippen LogP contribution is -2.26.